The van der Waals surface area contributed by atoms with Crippen molar-refractivity contribution in [1.29, 1.82) is 0 Å². The minimum Gasteiger partial charge on any atom is -0.497 e. The summed E-state index contributed by atoms with van der Waals surface area (Å²) in [6, 6.07) is 37.3. The van der Waals surface area contributed by atoms with E-state index in [0.717, 1.165) is 10.8 Å². The van der Waals surface area contributed by atoms with Gasteiger partial charge in [0.25, 0.3) is 5.91 Å². The topological polar surface area (TPSA) is 158 Å². The van der Waals surface area contributed by atoms with Crippen LogP contribution in [0.25, 0.3) is 10.8 Å². The van der Waals surface area contributed by atoms with Crippen LogP contribution in [-0.4, -0.2) is 73.7 Å². The maximum Gasteiger partial charge on any atom is 0.338 e. The van der Waals surface area contributed by atoms with E-state index in [9.17, 15) is 29.1 Å². The van der Waals surface area contributed by atoms with E-state index in [1.807, 2.05) is 36.4 Å². The molecule has 1 aliphatic heterocycles. The van der Waals surface area contributed by atoms with Crippen LogP contribution < -0.4 is 19.7 Å². The van der Waals surface area contributed by atoms with E-state index >= 15 is 0 Å². The van der Waals surface area contributed by atoms with Crippen LogP contribution in [0.4, 0.5) is 5.69 Å². The van der Waals surface area contributed by atoms with E-state index in [0.29, 0.717) is 51.4 Å². The van der Waals surface area contributed by atoms with Crippen molar-refractivity contribution < 1.29 is 48.0 Å². The van der Waals surface area contributed by atoms with Gasteiger partial charge >= 0.3 is 11.9 Å². The van der Waals surface area contributed by atoms with Crippen LogP contribution in [0.5, 0.6) is 11.5 Å². The Morgan fingerprint density at radius 1 is 0.710 bits per heavy atom. The molecule has 0 radical (unpaired) electrons. The van der Waals surface area contributed by atoms with Gasteiger partial charge in [0.15, 0.2) is 5.78 Å². The molecule has 1 aliphatic rings. The van der Waals surface area contributed by atoms with Crippen molar-refractivity contribution in [3.63, 3.8) is 0 Å². The summed E-state index contributed by atoms with van der Waals surface area (Å²) in [7, 11) is 1.54. The van der Waals surface area contributed by atoms with E-state index in [1.54, 1.807) is 92.9 Å². The fourth-order valence-corrected chi connectivity index (χ4v) is 7.56. The van der Waals surface area contributed by atoms with Gasteiger partial charge in [0.2, 0.25) is 5.91 Å². The van der Waals surface area contributed by atoms with Gasteiger partial charge < -0.3 is 34.3 Å². The fourth-order valence-electron chi connectivity index (χ4n) is 7.56. The summed E-state index contributed by atoms with van der Waals surface area (Å²) >= 11 is 0. The molecule has 0 bridgehead atoms. The Morgan fingerprint density at radius 2 is 1.37 bits per heavy atom. The number of hydrogen-bond donors (Lipinski definition) is 2. The predicted molar refractivity (Wildman–Crippen MR) is 233 cm³/mol. The first-order valence-corrected chi connectivity index (χ1v) is 20.4. The number of carbonyl (C=O) groups excluding carboxylic acids is 5. The molecule has 0 unspecified atom stereocenters. The SMILES string of the molecule is CCOC(=O)C[C@H]1[C@H](OC(=O)c2ccc(C(=O)c3ccccc3)cc2)[C@@H](NC(=O)c2ccc3ccccc3c2)c2cc(OCCCO)ccc2N1C(=O)Cc1ccc(OC)cc1. The molecule has 316 valence electrons. The molecular formula is C50H46N2O10. The molecule has 0 spiro atoms. The van der Waals surface area contributed by atoms with Crippen molar-refractivity contribution >= 4 is 46.0 Å². The van der Waals surface area contributed by atoms with E-state index in [4.69, 9.17) is 18.9 Å². The zero-order valence-corrected chi connectivity index (χ0v) is 34.3. The van der Waals surface area contributed by atoms with Crippen LogP contribution in [0.15, 0.2) is 140 Å². The van der Waals surface area contributed by atoms with Gasteiger partial charge in [-0.1, -0.05) is 84.9 Å². The first-order chi connectivity index (χ1) is 30.2. The standard InChI is InChI=1S/C50H46N2O10/c1-3-60-45(55)31-43-48(62-50(58)36-19-17-35(18-20-36)47(56)34-11-5-4-6-12-34)46(51-49(57)38-21-16-33-10-7-8-13-37(33)29-38)41-30-40(61-27-9-26-53)24-25-42(41)52(43)44(54)28-32-14-22-39(59-2)23-15-32/h4-8,10-25,29-30,43,46,48,53H,3,9,26-28,31H2,1-2H3,(H,51,57)/t43-,46-,48-/m0/s1. The number of nitrogens with zero attached hydrogens (tertiary/aromatic N) is 1. The number of rotatable bonds is 16. The Bertz CT molecular complexity index is 2560. The van der Waals surface area contributed by atoms with Crippen molar-refractivity contribution in [2.75, 3.05) is 31.8 Å². The smallest absolute Gasteiger partial charge is 0.338 e. The molecule has 0 saturated heterocycles. The summed E-state index contributed by atoms with van der Waals surface area (Å²) in [6.07, 6.45) is -1.53. The Kier molecular flexibility index (Phi) is 13.7. The van der Waals surface area contributed by atoms with E-state index < -0.39 is 48.4 Å². The average Bonchev–Trinajstić information content (AvgIpc) is 3.30. The molecule has 7 rings (SSSR count). The molecule has 2 amide bonds. The third-order valence-corrected chi connectivity index (χ3v) is 10.6. The van der Waals surface area contributed by atoms with Crippen LogP contribution >= 0.6 is 0 Å². The Labute approximate surface area is 359 Å². The maximum atomic E-state index is 14.7. The Morgan fingerprint density at radius 3 is 2.08 bits per heavy atom. The van der Waals surface area contributed by atoms with Crippen molar-refractivity contribution in [3.05, 3.63) is 173 Å². The van der Waals surface area contributed by atoms with Crippen molar-refractivity contribution in [1.82, 2.24) is 5.32 Å². The molecular weight excluding hydrogens is 789 g/mol. The predicted octanol–water partition coefficient (Wildman–Crippen LogP) is 7.45. The molecule has 3 atom stereocenters. The van der Waals surface area contributed by atoms with Gasteiger partial charge in [-0.05, 0) is 77.9 Å². The molecule has 0 fully saturated rings. The van der Waals surface area contributed by atoms with Gasteiger partial charge in [0.05, 0.1) is 50.8 Å². The van der Waals surface area contributed by atoms with Crippen molar-refractivity contribution in [3.8, 4) is 11.5 Å². The third-order valence-electron chi connectivity index (χ3n) is 10.6. The van der Waals surface area contributed by atoms with Crippen molar-refractivity contribution in [2.24, 2.45) is 0 Å². The molecule has 0 aromatic heterocycles. The van der Waals surface area contributed by atoms with Gasteiger partial charge in [-0.15, -0.1) is 0 Å². The first kappa shape index (κ1) is 42.8. The maximum absolute atomic E-state index is 14.7. The molecule has 6 aromatic carbocycles. The number of fused-ring (bicyclic) bond motifs is 2. The Hall–Kier alpha value is -7.31. The summed E-state index contributed by atoms with van der Waals surface area (Å²) in [6.45, 7) is 1.79. The highest BCUT2D eigenvalue weighted by Gasteiger charge is 2.48. The molecule has 12 heteroatoms. The van der Waals surface area contributed by atoms with Gasteiger partial charge in [-0.3, -0.25) is 19.2 Å². The minimum absolute atomic E-state index is 0.0527. The van der Waals surface area contributed by atoms with Crippen LogP contribution in [0.2, 0.25) is 0 Å². The van der Waals surface area contributed by atoms with Crippen molar-refractivity contribution in [2.45, 2.75) is 44.4 Å². The lowest BCUT2D eigenvalue weighted by Crippen LogP contribution is -2.58. The second-order valence-electron chi connectivity index (χ2n) is 14.7. The molecule has 6 aromatic rings. The van der Waals surface area contributed by atoms with Gasteiger partial charge in [0.1, 0.15) is 17.6 Å². The number of benzene rings is 6. The number of ether oxygens (including phenoxy) is 4. The molecule has 62 heavy (non-hydrogen) atoms. The zero-order valence-electron chi connectivity index (χ0n) is 34.3. The van der Waals surface area contributed by atoms with Crippen LogP contribution in [-0.2, 0) is 25.5 Å². The number of anilines is 1. The number of nitrogens with one attached hydrogen (secondary N) is 1. The number of ketones is 1. The van der Waals surface area contributed by atoms with E-state index in [2.05, 4.69) is 5.32 Å². The lowest BCUT2D eigenvalue weighted by Gasteiger charge is -2.45. The lowest BCUT2D eigenvalue weighted by molar-refractivity contribution is -0.144. The summed E-state index contributed by atoms with van der Waals surface area (Å²) in [5.41, 5.74) is 2.63. The highest BCUT2D eigenvalue weighted by atomic mass is 16.6. The molecule has 0 saturated carbocycles. The highest BCUT2D eigenvalue weighted by molar-refractivity contribution is 6.09. The number of aliphatic hydroxyl groups excluding tert-OH is 1. The van der Waals surface area contributed by atoms with Gasteiger partial charge in [-0.2, -0.15) is 0 Å². The first-order valence-electron chi connectivity index (χ1n) is 20.4. The minimum atomic E-state index is -1.37. The number of methoxy groups -OCH3 is 1. The van der Waals surface area contributed by atoms with E-state index in [-0.39, 0.29) is 37.6 Å². The summed E-state index contributed by atoms with van der Waals surface area (Å²) in [5.74, 6) is -1.67. The molecule has 0 aliphatic carbocycles. The number of amides is 2. The quantitative estimate of drug-likeness (QED) is 0.0570. The fraction of sp³-hybridized carbons (Fsp3) is 0.220. The highest BCUT2D eigenvalue weighted by Crippen LogP contribution is 2.43. The lowest BCUT2D eigenvalue weighted by atomic mass is 9.85. The number of esters is 2. The molecule has 12 nitrogen and oxygen atoms in total. The third kappa shape index (κ3) is 9.83. The summed E-state index contributed by atoms with van der Waals surface area (Å²) in [5, 5.41) is 14.3. The molecule has 2 N–H and O–H groups in total. The number of carbonyl (C=O) groups is 5. The van der Waals surface area contributed by atoms with Crippen LogP contribution in [0.3, 0.4) is 0 Å². The summed E-state index contributed by atoms with van der Waals surface area (Å²) in [4.78, 5) is 71.7. The number of aliphatic hydroxyl groups is 1. The van der Waals surface area contributed by atoms with E-state index in [1.165, 1.54) is 29.2 Å². The zero-order chi connectivity index (χ0) is 43.6. The number of hydrogen-bond acceptors (Lipinski definition) is 10. The van der Waals surface area contributed by atoms with Gasteiger partial charge in [0, 0.05) is 41.0 Å². The molecule has 1 heterocycles. The second-order valence-corrected chi connectivity index (χ2v) is 14.7. The Balaban J connectivity index is 1.33. The van der Waals surface area contributed by atoms with Gasteiger partial charge in [-0.25, -0.2) is 4.79 Å². The summed E-state index contributed by atoms with van der Waals surface area (Å²) < 4.78 is 23.1. The van der Waals surface area contributed by atoms with Crippen LogP contribution in [0.1, 0.15) is 73.6 Å². The second kappa shape index (κ2) is 19.8. The monoisotopic (exact) mass is 834 g/mol. The normalized spacial score (nSPS) is 15.5. The largest absolute Gasteiger partial charge is 0.497 e. The average molecular weight is 835 g/mol. The van der Waals surface area contributed by atoms with Crippen LogP contribution in [0, 0.1) is 0 Å².